The van der Waals surface area contributed by atoms with Crippen molar-refractivity contribution in [3.8, 4) is 5.75 Å². The third-order valence-electron chi connectivity index (χ3n) is 5.19. The predicted molar refractivity (Wildman–Crippen MR) is 127 cm³/mol. The highest BCUT2D eigenvalue weighted by atomic mass is 19.1. The molecule has 0 fully saturated rings. The van der Waals surface area contributed by atoms with Crippen LogP contribution in [0.4, 0.5) is 14.5 Å². The van der Waals surface area contributed by atoms with E-state index >= 15 is 0 Å². The van der Waals surface area contributed by atoms with Crippen LogP contribution in [-0.2, 0) is 4.79 Å². The fourth-order valence-corrected chi connectivity index (χ4v) is 3.45. The molecular formula is C26H27F2N3O3. The molecule has 0 heterocycles. The Bertz CT molecular complexity index is 1120. The molecule has 3 aromatic rings. The summed E-state index contributed by atoms with van der Waals surface area (Å²) in [5.41, 5.74) is 2.35. The molecule has 0 spiro atoms. The molecule has 0 aliphatic heterocycles. The molecule has 6 nitrogen and oxygen atoms in total. The highest BCUT2D eigenvalue weighted by Gasteiger charge is 2.23. The van der Waals surface area contributed by atoms with Crippen molar-refractivity contribution in [2.75, 3.05) is 32.1 Å². The van der Waals surface area contributed by atoms with Crippen molar-refractivity contribution in [3.05, 3.63) is 95.1 Å². The summed E-state index contributed by atoms with van der Waals surface area (Å²) in [5.74, 6) is -2.65. The van der Waals surface area contributed by atoms with E-state index in [4.69, 9.17) is 4.74 Å². The van der Waals surface area contributed by atoms with E-state index in [2.05, 4.69) is 16.0 Å². The number of ether oxygens (including phenoxy) is 1. The molecule has 1 unspecified atom stereocenters. The van der Waals surface area contributed by atoms with Crippen LogP contribution < -0.4 is 20.7 Å². The number of aryl methyl sites for hydroxylation is 1. The van der Waals surface area contributed by atoms with Gasteiger partial charge in [0.1, 0.15) is 17.4 Å². The van der Waals surface area contributed by atoms with Crippen LogP contribution in [-0.4, -0.2) is 38.6 Å². The van der Waals surface area contributed by atoms with E-state index in [9.17, 15) is 18.4 Å². The first-order valence-corrected chi connectivity index (χ1v) is 10.8. The first kappa shape index (κ1) is 24.7. The minimum atomic E-state index is -0.972. The fourth-order valence-electron chi connectivity index (χ4n) is 3.45. The number of amides is 2. The summed E-state index contributed by atoms with van der Waals surface area (Å²) in [7, 11) is 1.59. The zero-order valence-corrected chi connectivity index (χ0v) is 19.0. The van der Waals surface area contributed by atoms with E-state index in [1.807, 2.05) is 37.3 Å². The summed E-state index contributed by atoms with van der Waals surface area (Å²) >= 11 is 0. The second-order valence-corrected chi connectivity index (χ2v) is 7.78. The van der Waals surface area contributed by atoms with Crippen LogP contribution in [0.25, 0.3) is 0 Å². The molecule has 0 saturated carbocycles. The molecule has 0 aromatic heterocycles. The maximum Gasteiger partial charge on any atom is 0.251 e. The van der Waals surface area contributed by atoms with Crippen molar-refractivity contribution in [1.82, 2.24) is 10.6 Å². The zero-order valence-electron chi connectivity index (χ0n) is 19.0. The van der Waals surface area contributed by atoms with Gasteiger partial charge in [0.05, 0.1) is 13.0 Å². The molecule has 0 bridgehead atoms. The average molecular weight is 468 g/mol. The van der Waals surface area contributed by atoms with E-state index < -0.39 is 23.5 Å². The fraction of sp³-hybridized carbons (Fsp3) is 0.231. The third kappa shape index (κ3) is 7.03. The Hall–Kier alpha value is -3.94. The lowest BCUT2D eigenvalue weighted by molar-refractivity contribution is -0.122. The van der Waals surface area contributed by atoms with Crippen LogP contribution in [0.3, 0.4) is 0 Å². The predicted octanol–water partition coefficient (Wildman–Crippen LogP) is 4.02. The third-order valence-corrected chi connectivity index (χ3v) is 5.19. The van der Waals surface area contributed by atoms with Crippen molar-refractivity contribution >= 4 is 17.5 Å². The second-order valence-electron chi connectivity index (χ2n) is 7.78. The molecule has 8 heteroatoms. The van der Waals surface area contributed by atoms with Gasteiger partial charge in [-0.05, 0) is 61.0 Å². The number of halogens is 2. The Morgan fingerprint density at radius 3 is 2.26 bits per heavy atom. The standard InChI is InChI=1S/C26H27F2N3O3/c1-17-4-3-5-18(12-17)25(32)31-16-24(19-13-20(27)15-21(28)14-19)26(33)30-11-10-29-22-6-8-23(34-2)9-7-22/h3-9,12-15,24,29H,10-11,16H2,1-2H3,(H,30,33)(H,31,32). The number of hydrogen-bond donors (Lipinski definition) is 3. The second kappa shape index (κ2) is 11.8. The number of nitrogens with one attached hydrogen (secondary N) is 3. The summed E-state index contributed by atoms with van der Waals surface area (Å²) in [4.78, 5) is 25.5. The number of anilines is 1. The minimum absolute atomic E-state index is 0.118. The Morgan fingerprint density at radius 1 is 0.912 bits per heavy atom. The van der Waals surface area contributed by atoms with Crippen molar-refractivity contribution in [1.29, 1.82) is 0 Å². The van der Waals surface area contributed by atoms with Gasteiger partial charge in [0.15, 0.2) is 0 Å². The molecule has 3 rings (SSSR count). The quantitative estimate of drug-likeness (QED) is 0.394. The molecule has 0 radical (unpaired) electrons. The van der Waals surface area contributed by atoms with Crippen LogP contribution in [0.1, 0.15) is 27.4 Å². The van der Waals surface area contributed by atoms with Gasteiger partial charge >= 0.3 is 0 Å². The smallest absolute Gasteiger partial charge is 0.251 e. The van der Waals surface area contributed by atoms with Gasteiger partial charge < -0.3 is 20.7 Å². The molecule has 0 aliphatic rings. The highest BCUT2D eigenvalue weighted by molar-refractivity contribution is 5.95. The van der Waals surface area contributed by atoms with E-state index in [0.717, 1.165) is 35.2 Å². The van der Waals surface area contributed by atoms with Gasteiger partial charge in [0, 0.05) is 37.0 Å². The molecule has 3 N–H and O–H groups in total. The van der Waals surface area contributed by atoms with E-state index in [1.165, 1.54) is 0 Å². The highest BCUT2D eigenvalue weighted by Crippen LogP contribution is 2.19. The Morgan fingerprint density at radius 2 is 1.62 bits per heavy atom. The van der Waals surface area contributed by atoms with Gasteiger partial charge in [0.25, 0.3) is 5.91 Å². The Labute approximate surface area is 197 Å². The summed E-state index contributed by atoms with van der Waals surface area (Å²) in [6.07, 6.45) is 0. The van der Waals surface area contributed by atoms with Crippen molar-refractivity contribution in [2.24, 2.45) is 0 Å². The molecular weight excluding hydrogens is 440 g/mol. The van der Waals surface area contributed by atoms with Crippen LogP contribution in [0.2, 0.25) is 0 Å². The monoisotopic (exact) mass is 467 g/mol. The van der Waals surface area contributed by atoms with Crippen LogP contribution in [0.15, 0.2) is 66.7 Å². The number of benzene rings is 3. The first-order valence-electron chi connectivity index (χ1n) is 10.8. The first-order chi connectivity index (χ1) is 16.4. The largest absolute Gasteiger partial charge is 0.497 e. The van der Waals surface area contributed by atoms with Gasteiger partial charge in [-0.15, -0.1) is 0 Å². The van der Waals surface area contributed by atoms with Crippen LogP contribution in [0.5, 0.6) is 5.75 Å². The van der Waals surface area contributed by atoms with Crippen molar-refractivity contribution < 1.29 is 23.1 Å². The number of rotatable bonds is 10. The molecule has 3 aromatic carbocycles. The Kier molecular flexibility index (Phi) is 8.56. The molecule has 1 atom stereocenters. The van der Waals surface area contributed by atoms with Gasteiger partial charge in [0.2, 0.25) is 5.91 Å². The van der Waals surface area contributed by atoms with Crippen molar-refractivity contribution in [2.45, 2.75) is 12.8 Å². The normalized spacial score (nSPS) is 11.4. The maximum absolute atomic E-state index is 13.8. The van der Waals surface area contributed by atoms with Crippen molar-refractivity contribution in [3.63, 3.8) is 0 Å². The topological polar surface area (TPSA) is 79.5 Å². The van der Waals surface area contributed by atoms with Gasteiger partial charge in [-0.25, -0.2) is 8.78 Å². The van der Waals surface area contributed by atoms with Crippen LogP contribution in [0, 0.1) is 18.6 Å². The summed E-state index contributed by atoms with van der Waals surface area (Å²) in [6, 6.07) is 17.3. The number of hydrogen-bond acceptors (Lipinski definition) is 4. The molecule has 34 heavy (non-hydrogen) atoms. The minimum Gasteiger partial charge on any atom is -0.497 e. The SMILES string of the molecule is COc1ccc(NCCNC(=O)C(CNC(=O)c2cccc(C)c2)c2cc(F)cc(F)c2)cc1. The molecule has 0 aliphatic carbocycles. The van der Waals surface area contributed by atoms with E-state index in [0.29, 0.717) is 12.1 Å². The molecule has 0 saturated heterocycles. The van der Waals surface area contributed by atoms with Gasteiger partial charge in [-0.2, -0.15) is 0 Å². The lowest BCUT2D eigenvalue weighted by Gasteiger charge is -2.19. The lowest BCUT2D eigenvalue weighted by Crippen LogP contribution is -2.39. The van der Waals surface area contributed by atoms with E-state index in [1.54, 1.807) is 25.3 Å². The number of carbonyl (C=O) groups is 2. The molecule has 2 amide bonds. The average Bonchev–Trinajstić information content (AvgIpc) is 2.81. The maximum atomic E-state index is 13.8. The van der Waals surface area contributed by atoms with Gasteiger partial charge in [-0.3, -0.25) is 9.59 Å². The lowest BCUT2D eigenvalue weighted by atomic mass is 9.97. The van der Waals surface area contributed by atoms with E-state index in [-0.39, 0.29) is 24.6 Å². The summed E-state index contributed by atoms with van der Waals surface area (Å²) in [5, 5.41) is 8.63. The number of carbonyl (C=O) groups excluding carboxylic acids is 2. The Balaban J connectivity index is 1.63. The molecule has 178 valence electrons. The summed E-state index contributed by atoms with van der Waals surface area (Å²) in [6.45, 7) is 2.44. The van der Waals surface area contributed by atoms with Gasteiger partial charge in [-0.1, -0.05) is 17.7 Å². The van der Waals surface area contributed by atoms with Crippen LogP contribution >= 0.6 is 0 Å². The zero-order chi connectivity index (χ0) is 24.5. The number of methoxy groups -OCH3 is 1. The summed E-state index contributed by atoms with van der Waals surface area (Å²) < 4.78 is 32.8.